The summed E-state index contributed by atoms with van der Waals surface area (Å²) < 4.78 is 55.4. The number of hydrogen-bond acceptors (Lipinski definition) is 2. The fourth-order valence-corrected chi connectivity index (χ4v) is 4.86. The van der Waals surface area contributed by atoms with Crippen molar-refractivity contribution in [1.82, 2.24) is 0 Å². The van der Waals surface area contributed by atoms with Gasteiger partial charge in [0.2, 0.25) is 5.82 Å². The van der Waals surface area contributed by atoms with Crippen LogP contribution in [0, 0.1) is 17.5 Å². The minimum atomic E-state index is -0.985. The second-order valence-corrected chi connectivity index (χ2v) is 9.63. The Kier molecular flexibility index (Phi) is 9.08. The molecule has 0 N–H and O–H groups in total. The molecule has 1 fully saturated rings. The van der Waals surface area contributed by atoms with E-state index < -0.39 is 11.6 Å². The molecule has 36 heavy (non-hydrogen) atoms. The van der Waals surface area contributed by atoms with Crippen molar-refractivity contribution in [2.24, 2.45) is 0 Å². The van der Waals surface area contributed by atoms with Gasteiger partial charge in [0, 0.05) is 11.5 Å². The predicted octanol–water partition coefficient (Wildman–Crippen LogP) is 9.07. The van der Waals surface area contributed by atoms with Gasteiger partial charge in [0.1, 0.15) is 5.82 Å². The van der Waals surface area contributed by atoms with Gasteiger partial charge in [-0.25, -0.2) is 8.78 Å². The summed E-state index contributed by atoms with van der Waals surface area (Å²) in [6.45, 7) is 4.99. The van der Waals surface area contributed by atoms with Gasteiger partial charge in [0.15, 0.2) is 11.6 Å². The summed E-state index contributed by atoms with van der Waals surface area (Å²) in [4.78, 5) is 0. The fraction of sp³-hybridized carbons (Fsp3) is 0.419. The highest BCUT2D eigenvalue weighted by molar-refractivity contribution is 5.71. The maximum absolute atomic E-state index is 15.1. The van der Waals surface area contributed by atoms with E-state index in [2.05, 4.69) is 6.92 Å². The van der Waals surface area contributed by atoms with Crippen molar-refractivity contribution in [2.75, 3.05) is 13.2 Å². The van der Waals surface area contributed by atoms with E-state index in [4.69, 9.17) is 9.47 Å². The van der Waals surface area contributed by atoms with E-state index >= 15 is 4.39 Å². The third kappa shape index (κ3) is 6.12. The van der Waals surface area contributed by atoms with Gasteiger partial charge in [0.25, 0.3) is 0 Å². The molecule has 1 aliphatic rings. The fourth-order valence-electron chi connectivity index (χ4n) is 4.86. The van der Waals surface area contributed by atoms with Crippen molar-refractivity contribution < 1.29 is 22.6 Å². The standard InChI is InChI=1S/C31H35F3O2/c1-3-5-6-7-25-14-12-24(20-36-25)26-15-13-23(19-28(26)32)21-8-10-22(11-9-21)27-16-17-29(35-18-4-2)31(34)30(27)33/h8-11,13,15-17,19,24-25H,3-7,12,14,18,20H2,1-2H3. The number of rotatable bonds is 10. The van der Waals surface area contributed by atoms with Crippen LogP contribution in [0.15, 0.2) is 54.6 Å². The van der Waals surface area contributed by atoms with Crippen LogP contribution in [0.2, 0.25) is 0 Å². The van der Waals surface area contributed by atoms with Gasteiger partial charge >= 0.3 is 0 Å². The molecule has 0 saturated carbocycles. The second-order valence-electron chi connectivity index (χ2n) is 9.63. The van der Waals surface area contributed by atoms with E-state index in [-0.39, 0.29) is 23.0 Å². The van der Waals surface area contributed by atoms with Gasteiger partial charge < -0.3 is 9.47 Å². The maximum atomic E-state index is 15.1. The van der Waals surface area contributed by atoms with Gasteiger partial charge in [-0.15, -0.1) is 0 Å². The van der Waals surface area contributed by atoms with Crippen LogP contribution in [0.1, 0.15) is 70.3 Å². The van der Waals surface area contributed by atoms with E-state index in [0.717, 1.165) is 30.4 Å². The first kappa shape index (κ1) is 26.3. The minimum absolute atomic E-state index is 0.0750. The number of benzene rings is 3. The first-order valence-electron chi connectivity index (χ1n) is 13.1. The van der Waals surface area contributed by atoms with Crippen molar-refractivity contribution in [1.29, 1.82) is 0 Å². The molecule has 0 radical (unpaired) electrons. The normalized spacial score (nSPS) is 17.8. The Morgan fingerprint density at radius 1 is 0.806 bits per heavy atom. The molecule has 5 heteroatoms. The molecular weight excluding hydrogens is 461 g/mol. The largest absolute Gasteiger partial charge is 0.490 e. The Bertz CT molecular complexity index is 1140. The number of unbranched alkanes of at least 4 members (excludes halogenated alkanes) is 2. The molecule has 1 saturated heterocycles. The molecule has 1 aliphatic heterocycles. The molecule has 0 spiro atoms. The van der Waals surface area contributed by atoms with Crippen LogP contribution < -0.4 is 4.74 Å². The molecule has 0 aliphatic carbocycles. The van der Waals surface area contributed by atoms with Gasteiger partial charge in [-0.2, -0.15) is 4.39 Å². The van der Waals surface area contributed by atoms with Crippen LogP contribution in [0.4, 0.5) is 13.2 Å². The average molecular weight is 497 g/mol. The lowest BCUT2D eigenvalue weighted by Gasteiger charge is -2.29. The molecule has 3 aromatic carbocycles. The number of halogens is 3. The van der Waals surface area contributed by atoms with E-state index in [1.165, 1.54) is 31.4 Å². The molecule has 3 aromatic rings. The minimum Gasteiger partial charge on any atom is -0.490 e. The number of ether oxygens (including phenoxy) is 2. The van der Waals surface area contributed by atoms with Crippen molar-refractivity contribution in [3.63, 3.8) is 0 Å². The Morgan fingerprint density at radius 3 is 2.22 bits per heavy atom. The molecule has 0 bridgehead atoms. The van der Waals surface area contributed by atoms with Crippen LogP contribution in [0.3, 0.4) is 0 Å². The topological polar surface area (TPSA) is 18.5 Å². The monoisotopic (exact) mass is 496 g/mol. The van der Waals surface area contributed by atoms with E-state index in [9.17, 15) is 8.78 Å². The zero-order valence-electron chi connectivity index (χ0n) is 21.2. The summed E-state index contributed by atoms with van der Waals surface area (Å²) in [6, 6.07) is 15.3. The van der Waals surface area contributed by atoms with Crippen LogP contribution in [0.5, 0.6) is 5.75 Å². The lowest BCUT2D eigenvalue weighted by Crippen LogP contribution is -2.25. The van der Waals surface area contributed by atoms with Crippen LogP contribution in [-0.4, -0.2) is 19.3 Å². The van der Waals surface area contributed by atoms with Crippen molar-refractivity contribution in [3.8, 4) is 28.0 Å². The van der Waals surface area contributed by atoms with Crippen molar-refractivity contribution >= 4 is 0 Å². The average Bonchev–Trinajstić information content (AvgIpc) is 2.90. The number of hydrogen-bond donors (Lipinski definition) is 0. The zero-order valence-corrected chi connectivity index (χ0v) is 21.2. The second kappa shape index (κ2) is 12.4. The van der Waals surface area contributed by atoms with Crippen LogP contribution in [-0.2, 0) is 4.74 Å². The van der Waals surface area contributed by atoms with E-state index in [1.807, 2.05) is 19.1 Å². The molecular formula is C31H35F3O2. The highest BCUT2D eigenvalue weighted by Crippen LogP contribution is 2.35. The van der Waals surface area contributed by atoms with Crippen molar-refractivity contribution in [2.45, 2.75) is 70.8 Å². The zero-order chi connectivity index (χ0) is 25.5. The summed E-state index contributed by atoms with van der Waals surface area (Å²) in [5.41, 5.74) is 2.96. The molecule has 192 valence electrons. The van der Waals surface area contributed by atoms with Gasteiger partial charge in [0.05, 0.1) is 19.3 Å². The van der Waals surface area contributed by atoms with E-state index in [0.29, 0.717) is 36.9 Å². The molecule has 4 rings (SSSR count). The highest BCUT2D eigenvalue weighted by atomic mass is 19.2. The highest BCUT2D eigenvalue weighted by Gasteiger charge is 2.25. The third-order valence-electron chi connectivity index (χ3n) is 6.98. The molecule has 1 heterocycles. The molecule has 2 nitrogen and oxygen atoms in total. The lowest BCUT2D eigenvalue weighted by atomic mass is 9.88. The van der Waals surface area contributed by atoms with Gasteiger partial charge in [-0.1, -0.05) is 69.5 Å². The Balaban J connectivity index is 1.43. The SMILES string of the molecule is CCCCCC1CCC(c2ccc(-c3ccc(-c4ccc(OCCC)c(F)c4F)cc3)cc2F)CO1. The van der Waals surface area contributed by atoms with Crippen LogP contribution in [0.25, 0.3) is 22.3 Å². The molecule has 2 atom stereocenters. The Morgan fingerprint density at radius 2 is 1.56 bits per heavy atom. The summed E-state index contributed by atoms with van der Waals surface area (Å²) in [5, 5.41) is 0. The summed E-state index contributed by atoms with van der Waals surface area (Å²) in [7, 11) is 0. The predicted molar refractivity (Wildman–Crippen MR) is 139 cm³/mol. The first-order valence-corrected chi connectivity index (χ1v) is 13.1. The first-order chi connectivity index (χ1) is 17.5. The summed E-state index contributed by atoms with van der Waals surface area (Å²) in [6.07, 6.45) is 7.62. The quantitative estimate of drug-likeness (QED) is 0.261. The molecule has 0 amide bonds. The van der Waals surface area contributed by atoms with Gasteiger partial charge in [-0.3, -0.25) is 0 Å². The summed E-state index contributed by atoms with van der Waals surface area (Å²) in [5.74, 6) is -2.16. The molecule has 2 unspecified atom stereocenters. The Hall–Kier alpha value is -2.79. The lowest BCUT2D eigenvalue weighted by molar-refractivity contribution is -0.00267. The third-order valence-corrected chi connectivity index (χ3v) is 6.98. The smallest absolute Gasteiger partial charge is 0.201 e. The maximum Gasteiger partial charge on any atom is 0.201 e. The molecule has 0 aromatic heterocycles. The van der Waals surface area contributed by atoms with Crippen molar-refractivity contribution in [3.05, 3.63) is 77.6 Å². The van der Waals surface area contributed by atoms with Gasteiger partial charge in [-0.05, 0) is 66.1 Å². The van der Waals surface area contributed by atoms with E-state index in [1.54, 1.807) is 30.3 Å². The Labute approximate surface area is 212 Å². The summed E-state index contributed by atoms with van der Waals surface area (Å²) >= 11 is 0. The van der Waals surface area contributed by atoms with Crippen LogP contribution >= 0.6 is 0 Å².